The minimum absolute atomic E-state index is 0.0299. The van der Waals surface area contributed by atoms with Crippen molar-refractivity contribution in [3.63, 3.8) is 0 Å². The third-order valence-corrected chi connectivity index (χ3v) is 7.95. The number of nitrogens with one attached hydrogen (secondary N) is 1. The molecule has 212 valence electrons. The maximum Gasteiger partial charge on any atom is 0.254 e. The van der Waals surface area contributed by atoms with Gasteiger partial charge in [-0.05, 0) is 92.3 Å². The maximum absolute atomic E-state index is 13.9. The number of hydrogen-bond donors (Lipinski definition) is 2. The zero-order chi connectivity index (χ0) is 29.1. The molecule has 0 bridgehead atoms. The fourth-order valence-electron chi connectivity index (χ4n) is 5.51. The number of aliphatic hydroxyl groups is 1. The van der Waals surface area contributed by atoms with Crippen LogP contribution in [0.4, 0.5) is 5.69 Å². The van der Waals surface area contributed by atoms with Crippen molar-refractivity contribution in [2.75, 3.05) is 11.9 Å². The number of piperidine rings is 1. The first-order valence-corrected chi connectivity index (χ1v) is 14.4. The van der Waals surface area contributed by atoms with Crippen molar-refractivity contribution >= 4 is 17.5 Å². The van der Waals surface area contributed by atoms with Gasteiger partial charge in [0, 0.05) is 17.8 Å². The molecule has 3 aromatic carbocycles. The van der Waals surface area contributed by atoms with E-state index in [0.29, 0.717) is 24.9 Å². The van der Waals surface area contributed by atoms with Gasteiger partial charge in [0.2, 0.25) is 5.91 Å². The Balaban J connectivity index is 1.67. The molecule has 3 aromatic rings. The average molecular weight is 541 g/mol. The zero-order valence-corrected chi connectivity index (χ0v) is 24.8. The van der Waals surface area contributed by atoms with Gasteiger partial charge in [-0.2, -0.15) is 0 Å². The van der Waals surface area contributed by atoms with Crippen LogP contribution in [0.3, 0.4) is 0 Å². The van der Waals surface area contributed by atoms with E-state index in [4.69, 9.17) is 0 Å². The van der Waals surface area contributed by atoms with Crippen LogP contribution in [0.5, 0.6) is 0 Å². The first-order chi connectivity index (χ1) is 18.8. The summed E-state index contributed by atoms with van der Waals surface area (Å²) in [6.07, 6.45) is 2.88. The van der Waals surface area contributed by atoms with Gasteiger partial charge in [-0.3, -0.25) is 9.59 Å². The van der Waals surface area contributed by atoms with Gasteiger partial charge in [-0.1, -0.05) is 75.4 Å². The number of anilines is 1. The number of aryl methyl sites for hydroxylation is 2. The van der Waals surface area contributed by atoms with Gasteiger partial charge in [0.05, 0.1) is 17.6 Å². The Kier molecular flexibility index (Phi) is 8.84. The van der Waals surface area contributed by atoms with E-state index >= 15 is 0 Å². The SMILES string of the molecule is Cc1ccccc1C(=O)N1CCC[C@H](C(=O)Nc2cccc(C(C)(C)C)c2)[C@@H]1c1ccc(CCC(C)(C)O)cc1. The summed E-state index contributed by atoms with van der Waals surface area (Å²) >= 11 is 0. The second-order valence-electron chi connectivity index (χ2n) is 12.9. The molecule has 0 saturated carbocycles. The largest absolute Gasteiger partial charge is 0.390 e. The van der Waals surface area contributed by atoms with E-state index in [-0.39, 0.29) is 29.2 Å². The Bertz CT molecular complexity index is 1330. The van der Waals surface area contributed by atoms with Crippen LogP contribution in [-0.2, 0) is 16.6 Å². The maximum atomic E-state index is 13.9. The Morgan fingerprint density at radius 1 is 0.950 bits per heavy atom. The normalized spacial score (nSPS) is 17.9. The molecular formula is C35H44N2O3. The Hall–Kier alpha value is -3.44. The highest BCUT2D eigenvalue weighted by molar-refractivity contribution is 5.98. The first-order valence-electron chi connectivity index (χ1n) is 14.4. The lowest BCUT2D eigenvalue weighted by molar-refractivity contribution is -0.123. The summed E-state index contributed by atoms with van der Waals surface area (Å²) in [7, 11) is 0. The molecule has 0 radical (unpaired) electrons. The molecule has 0 aliphatic carbocycles. The Morgan fingerprint density at radius 2 is 1.65 bits per heavy atom. The molecule has 0 spiro atoms. The summed E-state index contributed by atoms with van der Waals surface area (Å²) in [5, 5.41) is 13.3. The first kappa shape index (κ1) is 29.5. The number of rotatable bonds is 7. The van der Waals surface area contributed by atoms with Gasteiger partial charge < -0.3 is 15.3 Å². The van der Waals surface area contributed by atoms with E-state index in [9.17, 15) is 14.7 Å². The van der Waals surface area contributed by atoms with Gasteiger partial charge in [0.25, 0.3) is 5.91 Å². The minimum atomic E-state index is -0.730. The summed E-state index contributed by atoms with van der Waals surface area (Å²) in [5.41, 5.74) is 4.86. The van der Waals surface area contributed by atoms with Gasteiger partial charge in [0.1, 0.15) is 0 Å². The van der Waals surface area contributed by atoms with Crippen LogP contribution in [0, 0.1) is 12.8 Å². The summed E-state index contributed by atoms with van der Waals surface area (Å²) in [6.45, 7) is 12.7. The number of likely N-dealkylation sites (tertiary alicyclic amines) is 1. The van der Waals surface area contributed by atoms with Crippen LogP contribution in [-0.4, -0.2) is 34.0 Å². The summed E-state index contributed by atoms with van der Waals surface area (Å²) in [5.74, 6) is -0.492. The molecular weight excluding hydrogens is 496 g/mol. The lowest BCUT2D eigenvalue weighted by Gasteiger charge is -2.41. The molecule has 0 unspecified atom stereocenters. The molecule has 1 aliphatic rings. The smallest absolute Gasteiger partial charge is 0.254 e. The molecule has 2 atom stereocenters. The van der Waals surface area contributed by atoms with E-state index in [1.807, 2.05) is 80.3 Å². The molecule has 1 heterocycles. The molecule has 0 aromatic heterocycles. The van der Waals surface area contributed by atoms with Gasteiger partial charge >= 0.3 is 0 Å². The highest BCUT2D eigenvalue weighted by Crippen LogP contribution is 2.38. The van der Waals surface area contributed by atoms with Crippen molar-refractivity contribution in [1.82, 2.24) is 4.90 Å². The van der Waals surface area contributed by atoms with Crippen LogP contribution < -0.4 is 5.32 Å². The van der Waals surface area contributed by atoms with Gasteiger partial charge in [0.15, 0.2) is 0 Å². The summed E-state index contributed by atoms with van der Waals surface area (Å²) < 4.78 is 0. The van der Waals surface area contributed by atoms with Gasteiger partial charge in [-0.15, -0.1) is 0 Å². The molecule has 2 N–H and O–H groups in total. The molecule has 5 heteroatoms. The molecule has 40 heavy (non-hydrogen) atoms. The van der Waals surface area contributed by atoms with Crippen LogP contribution in [0.1, 0.15) is 92.5 Å². The van der Waals surface area contributed by atoms with E-state index < -0.39 is 5.60 Å². The van der Waals surface area contributed by atoms with Crippen LogP contribution in [0.2, 0.25) is 0 Å². The lowest BCUT2D eigenvalue weighted by atomic mass is 9.82. The zero-order valence-electron chi connectivity index (χ0n) is 24.8. The van der Waals surface area contributed by atoms with Crippen LogP contribution >= 0.6 is 0 Å². The van der Waals surface area contributed by atoms with Crippen molar-refractivity contribution in [1.29, 1.82) is 0 Å². The summed E-state index contributed by atoms with van der Waals surface area (Å²) in [6, 6.07) is 23.5. The second kappa shape index (κ2) is 12.0. The molecule has 1 saturated heterocycles. The van der Waals surface area contributed by atoms with Crippen LogP contribution in [0.25, 0.3) is 0 Å². The highest BCUT2D eigenvalue weighted by Gasteiger charge is 2.40. The van der Waals surface area contributed by atoms with Crippen LogP contribution in [0.15, 0.2) is 72.8 Å². The fraction of sp³-hybridized carbons (Fsp3) is 0.429. The Labute approximate surface area is 239 Å². The molecule has 1 aliphatic heterocycles. The Morgan fingerprint density at radius 3 is 2.30 bits per heavy atom. The van der Waals surface area contributed by atoms with Crippen molar-refractivity contribution in [2.45, 2.75) is 84.3 Å². The highest BCUT2D eigenvalue weighted by atomic mass is 16.3. The number of benzene rings is 3. The average Bonchev–Trinajstić information content (AvgIpc) is 2.91. The van der Waals surface area contributed by atoms with Crippen molar-refractivity contribution in [3.8, 4) is 0 Å². The van der Waals surface area contributed by atoms with E-state index in [1.165, 1.54) is 0 Å². The van der Waals surface area contributed by atoms with E-state index in [0.717, 1.165) is 40.8 Å². The quantitative estimate of drug-likeness (QED) is 0.332. The number of carbonyl (C=O) groups excluding carboxylic acids is 2. The van der Waals surface area contributed by atoms with Crippen molar-refractivity contribution in [2.24, 2.45) is 5.92 Å². The van der Waals surface area contributed by atoms with Crippen molar-refractivity contribution in [3.05, 3.63) is 101 Å². The molecule has 4 rings (SSSR count). The predicted octanol–water partition coefficient (Wildman–Crippen LogP) is 7.23. The number of nitrogens with zero attached hydrogens (tertiary/aromatic N) is 1. The minimum Gasteiger partial charge on any atom is -0.390 e. The van der Waals surface area contributed by atoms with E-state index in [1.54, 1.807) is 0 Å². The number of carbonyl (C=O) groups is 2. The number of hydrogen-bond acceptors (Lipinski definition) is 3. The van der Waals surface area contributed by atoms with Gasteiger partial charge in [-0.25, -0.2) is 0 Å². The molecule has 2 amide bonds. The number of amides is 2. The third-order valence-electron chi connectivity index (χ3n) is 7.95. The summed E-state index contributed by atoms with van der Waals surface area (Å²) in [4.78, 5) is 29.7. The molecule has 1 fully saturated rings. The monoisotopic (exact) mass is 540 g/mol. The standard InChI is InChI=1S/C35H44N2O3/c1-24-11-7-8-14-29(24)33(39)37-22-10-15-30(32(38)36-28-13-9-12-27(23-28)34(2,3)4)31(37)26-18-16-25(17-19-26)20-21-35(5,6)40/h7-9,11-14,16-19,23,30-31,40H,10,15,20-22H2,1-6H3,(H,36,38)/t30-,31-/m0/s1. The molecule has 5 nitrogen and oxygen atoms in total. The second-order valence-corrected chi connectivity index (χ2v) is 12.9. The lowest BCUT2D eigenvalue weighted by Crippen LogP contribution is -2.46. The topological polar surface area (TPSA) is 69.6 Å². The predicted molar refractivity (Wildman–Crippen MR) is 163 cm³/mol. The fourth-order valence-corrected chi connectivity index (χ4v) is 5.51. The third kappa shape index (κ3) is 7.19. The van der Waals surface area contributed by atoms with E-state index in [2.05, 4.69) is 44.3 Å². The van der Waals surface area contributed by atoms with Crippen molar-refractivity contribution < 1.29 is 14.7 Å².